The first kappa shape index (κ1) is 22.1. The number of imide groups is 1. The van der Waals surface area contributed by atoms with Crippen molar-refractivity contribution >= 4 is 17.7 Å². The summed E-state index contributed by atoms with van der Waals surface area (Å²) >= 11 is 0. The van der Waals surface area contributed by atoms with Crippen LogP contribution in [0.15, 0.2) is 42.5 Å². The average molecular weight is 435 g/mol. The van der Waals surface area contributed by atoms with E-state index in [2.05, 4.69) is 12.2 Å². The molecule has 0 aromatic heterocycles. The number of rotatable bonds is 9. The number of piperidine rings is 1. The fourth-order valence-corrected chi connectivity index (χ4v) is 4.48. The van der Waals surface area contributed by atoms with Crippen molar-refractivity contribution in [3.63, 3.8) is 0 Å². The lowest BCUT2D eigenvalue weighted by molar-refractivity contribution is -0.136. The van der Waals surface area contributed by atoms with Gasteiger partial charge in [0.15, 0.2) is 0 Å². The molecule has 168 valence electrons. The van der Waals surface area contributed by atoms with Crippen LogP contribution in [-0.4, -0.2) is 35.3 Å². The maximum atomic E-state index is 13.0. The molecular weight excluding hydrogens is 404 g/mol. The highest BCUT2D eigenvalue weighted by Gasteiger charge is 2.39. The quantitative estimate of drug-likeness (QED) is 0.467. The standard InChI is InChI=1S/C26H30N2O4/c1-2-3-4-5-6-16-32-19-12-10-18(11-13-19)20-8-7-9-21-22(20)17-28(26(21)31)23-14-15-24(29)27-25(23)30/h7-13,23H,2-6,14-17H2,1H3,(H,27,29,30). The van der Waals surface area contributed by atoms with Gasteiger partial charge in [-0.2, -0.15) is 0 Å². The van der Waals surface area contributed by atoms with Crippen molar-refractivity contribution in [3.8, 4) is 16.9 Å². The zero-order valence-electron chi connectivity index (χ0n) is 18.6. The van der Waals surface area contributed by atoms with Gasteiger partial charge in [-0.05, 0) is 47.7 Å². The SMILES string of the molecule is CCCCCCCOc1ccc(-c2cccc3c2CN(C2CCC(=O)NC2=O)C3=O)cc1. The molecule has 0 spiro atoms. The zero-order chi connectivity index (χ0) is 22.5. The third-order valence-corrected chi connectivity index (χ3v) is 6.26. The van der Waals surface area contributed by atoms with Crippen LogP contribution in [0.25, 0.3) is 11.1 Å². The summed E-state index contributed by atoms with van der Waals surface area (Å²) in [4.78, 5) is 38.4. The number of amides is 3. The van der Waals surface area contributed by atoms with E-state index in [1.807, 2.05) is 42.5 Å². The summed E-state index contributed by atoms with van der Waals surface area (Å²) in [5, 5.41) is 2.35. The summed E-state index contributed by atoms with van der Waals surface area (Å²) in [6.45, 7) is 3.30. The predicted molar refractivity (Wildman–Crippen MR) is 122 cm³/mol. The number of ether oxygens (including phenoxy) is 1. The largest absolute Gasteiger partial charge is 0.494 e. The maximum absolute atomic E-state index is 13.0. The number of nitrogens with zero attached hydrogens (tertiary/aromatic N) is 1. The first-order valence-electron chi connectivity index (χ1n) is 11.6. The summed E-state index contributed by atoms with van der Waals surface area (Å²) in [7, 11) is 0. The van der Waals surface area contributed by atoms with Gasteiger partial charge in [-0.1, -0.05) is 56.9 Å². The van der Waals surface area contributed by atoms with Crippen LogP contribution in [0.2, 0.25) is 0 Å². The molecule has 0 saturated carbocycles. The smallest absolute Gasteiger partial charge is 0.255 e. The molecule has 6 heteroatoms. The molecule has 1 unspecified atom stereocenters. The predicted octanol–water partition coefficient (Wildman–Crippen LogP) is 4.46. The minimum atomic E-state index is -0.603. The topological polar surface area (TPSA) is 75.7 Å². The highest BCUT2D eigenvalue weighted by Crippen LogP contribution is 2.35. The molecule has 2 aliphatic heterocycles. The molecule has 4 rings (SSSR count). The van der Waals surface area contributed by atoms with Crippen molar-refractivity contribution < 1.29 is 19.1 Å². The second-order valence-corrected chi connectivity index (χ2v) is 8.52. The van der Waals surface area contributed by atoms with Gasteiger partial charge < -0.3 is 9.64 Å². The fourth-order valence-electron chi connectivity index (χ4n) is 4.48. The van der Waals surface area contributed by atoms with Crippen LogP contribution in [0.5, 0.6) is 5.75 Å². The molecule has 1 N–H and O–H groups in total. The Labute approximate surface area is 188 Å². The molecule has 2 aliphatic rings. The van der Waals surface area contributed by atoms with E-state index in [9.17, 15) is 14.4 Å². The van der Waals surface area contributed by atoms with Crippen LogP contribution < -0.4 is 10.1 Å². The third kappa shape index (κ3) is 4.69. The molecule has 1 saturated heterocycles. The highest BCUT2D eigenvalue weighted by atomic mass is 16.5. The Kier molecular flexibility index (Phi) is 6.88. The summed E-state index contributed by atoms with van der Waals surface area (Å²) in [6.07, 6.45) is 6.65. The van der Waals surface area contributed by atoms with Crippen molar-refractivity contribution in [1.29, 1.82) is 0 Å². The van der Waals surface area contributed by atoms with E-state index in [1.54, 1.807) is 4.90 Å². The lowest BCUT2D eigenvalue weighted by atomic mass is 9.97. The van der Waals surface area contributed by atoms with Gasteiger partial charge in [-0.15, -0.1) is 0 Å². The van der Waals surface area contributed by atoms with Crippen molar-refractivity contribution in [1.82, 2.24) is 10.2 Å². The molecule has 6 nitrogen and oxygen atoms in total. The maximum Gasteiger partial charge on any atom is 0.255 e. The summed E-state index contributed by atoms with van der Waals surface area (Å²) in [5.41, 5.74) is 3.54. The summed E-state index contributed by atoms with van der Waals surface area (Å²) < 4.78 is 5.87. The first-order valence-corrected chi connectivity index (χ1v) is 11.6. The number of hydrogen-bond donors (Lipinski definition) is 1. The monoisotopic (exact) mass is 434 g/mol. The van der Waals surface area contributed by atoms with E-state index >= 15 is 0 Å². The van der Waals surface area contributed by atoms with E-state index in [1.165, 1.54) is 25.7 Å². The molecule has 0 bridgehead atoms. The number of carbonyl (C=O) groups is 3. The number of nitrogens with one attached hydrogen (secondary N) is 1. The number of benzene rings is 2. The van der Waals surface area contributed by atoms with E-state index in [4.69, 9.17) is 4.74 Å². The van der Waals surface area contributed by atoms with Gasteiger partial charge in [0.25, 0.3) is 5.91 Å². The van der Waals surface area contributed by atoms with Gasteiger partial charge in [0.1, 0.15) is 11.8 Å². The normalized spacial score (nSPS) is 18.0. The third-order valence-electron chi connectivity index (χ3n) is 6.26. The lowest BCUT2D eigenvalue weighted by Gasteiger charge is -2.29. The number of carbonyl (C=O) groups excluding carboxylic acids is 3. The van der Waals surface area contributed by atoms with Crippen molar-refractivity contribution in [3.05, 3.63) is 53.6 Å². The van der Waals surface area contributed by atoms with Gasteiger partial charge in [-0.25, -0.2) is 0 Å². The summed E-state index contributed by atoms with van der Waals surface area (Å²) in [5.74, 6) is 0.0250. The minimum absolute atomic E-state index is 0.153. The van der Waals surface area contributed by atoms with E-state index in [0.29, 0.717) is 18.5 Å². The van der Waals surface area contributed by atoms with Crippen LogP contribution in [0.1, 0.15) is 67.8 Å². The Bertz CT molecular complexity index is 999. The highest BCUT2D eigenvalue weighted by molar-refractivity contribution is 6.06. The van der Waals surface area contributed by atoms with Crippen LogP contribution in [-0.2, 0) is 16.1 Å². The Balaban J connectivity index is 1.44. The van der Waals surface area contributed by atoms with Gasteiger partial charge in [0.2, 0.25) is 11.8 Å². The summed E-state index contributed by atoms with van der Waals surface area (Å²) in [6, 6.07) is 13.1. The molecule has 1 fully saturated rings. The zero-order valence-corrected chi connectivity index (χ0v) is 18.6. The molecule has 3 amide bonds. The van der Waals surface area contributed by atoms with E-state index in [0.717, 1.165) is 35.5 Å². The van der Waals surface area contributed by atoms with Gasteiger partial charge >= 0.3 is 0 Å². The molecule has 0 aliphatic carbocycles. The van der Waals surface area contributed by atoms with Gasteiger partial charge in [0.05, 0.1) is 6.61 Å². The second kappa shape index (κ2) is 9.98. The van der Waals surface area contributed by atoms with Crippen LogP contribution >= 0.6 is 0 Å². The Hall–Kier alpha value is -3.15. The number of fused-ring (bicyclic) bond motifs is 1. The van der Waals surface area contributed by atoms with Gasteiger partial charge in [0, 0.05) is 18.5 Å². The first-order chi connectivity index (χ1) is 15.6. The lowest BCUT2D eigenvalue weighted by Crippen LogP contribution is -2.52. The molecular formula is C26H30N2O4. The van der Waals surface area contributed by atoms with Gasteiger partial charge in [-0.3, -0.25) is 19.7 Å². The van der Waals surface area contributed by atoms with Crippen molar-refractivity contribution in [2.45, 2.75) is 64.5 Å². The van der Waals surface area contributed by atoms with Crippen molar-refractivity contribution in [2.24, 2.45) is 0 Å². The molecule has 32 heavy (non-hydrogen) atoms. The van der Waals surface area contributed by atoms with E-state index in [-0.39, 0.29) is 24.1 Å². The Morgan fingerprint density at radius 2 is 1.72 bits per heavy atom. The van der Waals surface area contributed by atoms with Crippen LogP contribution in [0.3, 0.4) is 0 Å². The van der Waals surface area contributed by atoms with Crippen LogP contribution in [0.4, 0.5) is 0 Å². The molecule has 1 atom stereocenters. The molecule has 0 radical (unpaired) electrons. The Morgan fingerprint density at radius 1 is 0.969 bits per heavy atom. The molecule has 2 aromatic carbocycles. The molecule has 2 aromatic rings. The van der Waals surface area contributed by atoms with E-state index < -0.39 is 6.04 Å². The molecule has 2 heterocycles. The average Bonchev–Trinajstić information content (AvgIpc) is 3.13. The van der Waals surface area contributed by atoms with Crippen molar-refractivity contribution in [2.75, 3.05) is 6.61 Å². The fraction of sp³-hybridized carbons (Fsp3) is 0.423. The second-order valence-electron chi connectivity index (χ2n) is 8.52. The number of unbranched alkanes of at least 4 members (excludes halogenated alkanes) is 4. The minimum Gasteiger partial charge on any atom is -0.494 e. The number of hydrogen-bond acceptors (Lipinski definition) is 4. The van der Waals surface area contributed by atoms with Crippen LogP contribution in [0, 0.1) is 0 Å². The Morgan fingerprint density at radius 3 is 2.47 bits per heavy atom.